The van der Waals surface area contributed by atoms with Gasteiger partial charge in [-0.05, 0) is 26.0 Å². The molecule has 0 radical (unpaired) electrons. The number of carbonyl (C=O) groups is 2. The van der Waals surface area contributed by atoms with Crippen LogP contribution in [0.4, 0.5) is 5.69 Å². The van der Waals surface area contributed by atoms with Crippen LogP contribution < -0.4 is 4.90 Å². The molecule has 0 aliphatic heterocycles. The lowest BCUT2D eigenvalue weighted by atomic mass is 10.2. The summed E-state index contributed by atoms with van der Waals surface area (Å²) < 4.78 is 0. The number of para-hydroxylation sites is 1. The van der Waals surface area contributed by atoms with Crippen LogP contribution in [0.15, 0.2) is 30.3 Å². The summed E-state index contributed by atoms with van der Waals surface area (Å²) in [6, 6.07) is 9.14. The van der Waals surface area contributed by atoms with E-state index in [2.05, 4.69) is 0 Å². The normalized spacial score (nSPS) is 9.93. The van der Waals surface area contributed by atoms with Crippen molar-refractivity contribution in [3.63, 3.8) is 0 Å². The van der Waals surface area contributed by atoms with Crippen molar-refractivity contribution in [3.8, 4) is 0 Å². The van der Waals surface area contributed by atoms with E-state index in [1.165, 1.54) is 4.90 Å². The molecule has 3 heteroatoms. The minimum atomic E-state index is -0.508. The van der Waals surface area contributed by atoms with Gasteiger partial charge in [0.05, 0.1) is 0 Å². The first-order valence-electron chi connectivity index (χ1n) is 4.50. The second-order valence-corrected chi connectivity index (χ2v) is 3.26. The first-order valence-corrected chi connectivity index (χ1v) is 4.50. The van der Waals surface area contributed by atoms with Crippen LogP contribution in [0.5, 0.6) is 0 Å². The van der Waals surface area contributed by atoms with Gasteiger partial charge >= 0.3 is 0 Å². The highest BCUT2D eigenvalue weighted by Gasteiger charge is 2.17. The van der Waals surface area contributed by atoms with Crippen molar-refractivity contribution in [2.45, 2.75) is 19.9 Å². The van der Waals surface area contributed by atoms with E-state index in [4.69, 9.17) is 0 Å². The zero-order valence-corrected chi connectivity index (χ0v) is 8.31. The molecule has 0 aliphatic rings. The van der Waals surface area contributed by atoms with E-state index < -0.39 is 5.91 Å². The van der Waals surface area contributed by atoms with Crippen LogP contribution in [0.2, 0.25) is 0 Å². The van der Waals surface area contributed by atoms with Gasteiger partial charge in [-0.15, -0.1) is 0 Å². The van der Waals surface area contributed by atoms with Gasteiger partial charge in [0.15, 0.2) is 0 Å². The van der Waals surface area contributed by atoms with Crippen molar-refractivity contribution in [2.24, 2.45) is 0 Å². The first-order chi connectivity index (χ1) is 6.66. The number of amides is 1. The van der Waals surface area contributed by atoms with E-state index in [-0.39, 0.29) is 6.04 Å². The number of rotatable bonds is 3. The molecule has 0 spiro atoms. The Kier molecular flexibility index (Phi) is 3.40. The number of hydrogen-bond donors (Lipinski definition) is 0. The van der Waals surface area contributed by atoms with Crippen LogP contribution in [0.25, 0.3) is 0 Å². The molecular weight excluding hydrogens is 178 g/mol. The third-order valence-electron chi connectivity index (χ3n) is 1.89. The maximum atomic E-state index is 11.3. The fourth-order valence-corrected chi connectivity index (χ4v) is 1.33. The van der Waals surface area contributed by atoms with Crippen LogP contribution in [-0.4, -0.2) is 18.2 Å². The van der Waals surface area contributed by atoms with Gasteiger partial charge in [-0.3, -0.25) is 9.59 Å². The van der Waals surface area contributed by atoms with E-state index in [9.17, 15) is 9.59 Å². The highest BCUT2D eigenvalue weighted by Crippen LogP contribution is 2.15. The molecule has 0 saturated heterocycles. The number of nitrogens with zero attached hydrogens (tertiary/aromatic N) is 1. The molecule has 0 aromatic heterocycles. The summed E-state index contributed by atoms with van der Waals surface area (Å²) in [4.78, 5) is 23.2. The van der Waals surface area contributed by atoms with Gasteiger partial charge in [-0.25, -0.2) is 0 Å². The van der Waals surface area contributed by atoms with Crippen molar-refractivity contribution in [3.05, 3.63) is 30.3 Å². The Balaban J connectivity index is 3.01. The summed E-state index contributed by atoms with van der Waals surface area (Å²) in [5.74, 6) is -0.508. The number of aldehydes is 1. The lowest BCUT2D eigenvalue weighted by Gasteiger charge is -2.24. The average Bonchev–Trinajstić information content (AvgIpc) is 2.19. The molecule has 0 atom stereocenters. The van der Waals surface area contributed by atoms with Crippen LogP contribution >= 0.6 is 0 Å². The zero-order valence-electron chi connectivity index (χ0n) is 8.31. The molecule has 0 aliphatic carbocycles. The molecule has 1 rings (SSSR count). The van der Waals surface area contributed by atoms with Gasteiger partial charge in [0, 0.05) is 11.7 Å². The fourth-order valence-electron chi connectivity index (χ4n) is 1.33. The van der Waals surface area contributed by atoms with Gasteiger partial charge in [0.25, 0.3) is 5.91 Å². The minimum Gasteiger partial charge on any atom is -0.304 e. The van der Waals surface area contributed by atoms with Crippen LogP contribution in [0.1, 0.15) is 13.8 Å². The van der Waals surface area contributed by atoms with E-state index >= 15 is 0 Å². The summed E-state index contributed by atoms with van der Waals surface area (Å²) in [7, 11) is 0. The minimum absolute atomic E-state index is 0.0184. The molecule has 0 unspecified atom stereocenters. The van der Waals surface area contributed by atoms with Gasteiger partial charge in [-0.2, -0.15) is 0 Å². The Morgan fingerprint density at radius 1 is 1.29 bits per heavy atom. The molecule has 14 heavy (non-hydrogen) atoms. The largest absolute Gasteiger partial charge is 0.304 e. The molecule has 0 bridgehead atoms. The predicted octanol–water partition coefficient (Wildman–Crippen LogP) is 1.63. The third kappa shape index (κ3) is 2.19. The Labute approximate surface area is 83.3 Å². The van der Waals surface area contributed by atoms with Gasteiger partial charge in [-0.1, -0.05) is 18.2 Å². The summed E-state index contributed by atoms with van der Waals surface area (Å²) in [5, 5.41) is 0. The Hall–Kier alpha value is -1.64. The van der Waals surface area contributed by atoms with Crippen LogP contribution in [0.3, 0.4) is 0 Å². The Bertz CT molecular complexity index is 319. The van der Waals surface area contributed by atoms with Crippen LogP contribution in [0, 0.1) is 0 Å². The zero-order chi connectivity index (χ0) is 10.6. The second kappa shape index (κ2) is 4.56. The topological polar surface area (TPSA) is 37.4 Å². The molecular formula is C11H13NO2. The number of anilines is 1. The summed E-state index contributed by atoms with van der Waals surface area (Å²) in [6.45, 7) is 3.74. The van der Waals surface area contributed by atoms with Crippen LogP contribution in [-0.2, 0) is 9.59 Å². The molecule has 1 amide bonds. The molecule has 1 aromatic carbocycles. The van der Waals surface area contributed by atoms with Gasteiger partial charge < -0.3 is 4.90 Å². The van der Waals surface area contributed by atoms with E-state index in [1.807, 2.05) is 32.0 Å². The van der Waals surface area contributed by atoms with Crippen molar-refractivity contribution < 1.29 is 9.59 Å². The van der Waals surface area contributed by atoms with E-state index in [1.54, 1.807) is 12.1 Å². The van der Waals surface area contributed by atoms with Crippen molar-refractivity contribution in [1.29, 1.82) is 0 Å². The predicted molar refractivity (Wildman–Crippen MR) is 55.1 cm³/mol. The number of hydrogen-bond acceptors (Lipinski definition) is 2. The first kappa shape index (κ1) is 10.4. The van der Waals surface area contributed by atoms with Crippen molar-refractivity contribution >= 4 is 17.9 Å². The molecule has 74 valence electrons. The van der Waals surface area contributed by atoms with E-state index in [0.29, 0.717) is 6.29 Å². The van der Waals surface area contributed by atoms with Crippen molar-refractivity contribution in [1.82, 2.24) is 0 Å². The monoisotopic (exact) mass is 191 g/mol. The molecule has 3 nitrogen and oxygen atoms in total. The molecule has 0 N–H and O–H groups in total. The number of carbonyl (C=O) groups excluding carboxylic acids is 2. The average molecular weight is 191 g/mol. The second-order valence-electron chi connectivity index (χ2n) is 3.26. The fraction of sp³-hybridized carbons (Fsp3) is 0.273. The third-order valence-corrected chi connectivity index (χ3v) is 1.89. The molecule has 0 saturated carbocycles. The van der Waals surface area contributed by atoms with E-state index in [0.717, 1.165) is 5.69 Å². The summed E-state index contributed by atoms with van der Waals surface area (Å²) >= 11 is 0. The SMILES string of the molecule is CC(C)N(C(=O)C=O)c1ccccc1. The van der Waals surface area contributed by atoms with Gasteiger partial charge in [0.2, 0.25) is 6.29 Å². The van der Waals surface area contributed by atoms with Crippen molar-refractivity contribution in [2.75, 3.05) is 4.90 Å². The smallest absolute Gasteiger partial charge is 0.291 e. The maximum absolute atomic E-state index is 11.3. The molecule has 1 aromatic rings. The summed E-state index contributed by atoms with van der Waals surface area (Å²) in [6.07, 6.45) is 0.340. The Morgan fingerprint density at radius 3 is 2.29 bits per heavy atom. The lowest BCUT2D eigenvalue weighted by Crippen LogP contribution is -2.37. The summed E-state index contributed by atoms with van der Waals surface area (Å²) in [5.41, 5.74) is 0.750. The van der Waals surface area contributed by atoms with Gasteiger partial charge in [0.1, 0.15) is 0 Å². The number of benzene rings is 1. The Morgan fingerprint density at radius 2 is 1.86 bits per heavy atom. The molecule has 0 fully saturated rings. The lowest BCUT2D eigenvalue weighted by molar-refractivity contribution is -0.129. The highest BCUT2D eigenvalue weighted by atomic mass is 16.2. The quantitative estimate of drug-likeness (QED) is 0.538. The maximum Gasteiger partial charge on any atom is 0.291 e. The highest BCUT2D eigenvalue weighted by molar-refractivity contribution is 6.30. The molecule has 0 heterocycles. The standard InChI is InChI=1S/C11H13NO2/c1-9(2)12(11(14)8-13)10-6-4-3-5-7-10/h3-9H,1-2H3.